The molecule has 8 heteroatoms. The Kier molecular flexibility index (Phi) is 4.97. The van der Waals surface area contributed by atoms with Gasteiger partial charge in [-0.05, 0) is 36.6 Å². The molecular formula is C19H22N6O2. The lowest BCUT2D eigenvalue weighted by Crippen LogP contribution is -2.45. The number of likely N-dealkylation sites (tertiary alicyclic amines) is 1. The minimum Gasteiger partial charge on any atom is -0.372 e. The van der Waals surface area contributed by atoms with E-state index in [0.717, 1.165) is 30.5 Å². The third kappa shape index (κ3) is 4.06. The fourth-order valence-corrected chi connectivity index (χ4v) is 3.29. The average Bonchev–Trinajstić information content (AvgIpc) is 3.09. The first-order valence-electron chi connectivity index (χ1n) is 9.05. The van der Waals surface area contributed by atoms with Crippen LogP contribution < -0.4 is 5.32 Å². The van der Waals surface area contributed by atoms with Gasteiger partial charge in [-0.2, -0.15) is 15.0 Å². The Morgan fingerprint density at radius 2 is 2.22 bits per heavy atom. The molecule has 3 aromatic rings. The topological polar surface area (TPSA) is 85.2 Å². The van der Waals surface area contributed by atoms with Crippen LogP contribution in [0.4, 0.5) is 10.5 Å². The third-order valence-electron chi connectivity index (χ3n) is 4.63. The van der Waals surface area contributed by atoms with Gasteiger partial charge in [0.1, 0.15) is 11.0 Å². The Bertz CT molecular complexity index is 926. The number of rotatable bonds is 4. The monoisotopic (exact) mass is 366 g/mol. The maximum absolute atomic E-state index is 12.7. The van der Waals surface area contributed by atoms with Gasteiger partial charge in [0, 0.05) is 32.5 Å². The molecule has 8 nitrogen and oxygen atoms in total. The molecule has 27 heavy (non-hydrogen) atoms. The summed E-state index contributed by atoms with van der Waals surface area (Å²) in [4.78, 5) is 20.1. The number of nitrogens with one attached hydrogen (secondary N) is 1. The lowest BCUT2D eigenvalue weighted by Gasteiger charge is -2.32. The van der Waals surface area contributed by atoms with Gasteiger partial charge in [-0.3, -0.25) is 4.98 Å². The molecular weight excluding hydrogens is 344 g/mol. The Morgan fingerprint density at radius 3 is 3.07 bits per heavy atom. The second kappa shape index (κ2) is 7.71. The normalized spacial score (nSPS) is 17.2. The van der Waals surface area contributed by atoms with E-state index in [0.29, 0.717) is 24.4 Å². The second-order valence-corrected chi connectivity index (χ2v) is 6.68. The van der Waals surface area contributed by atoms with Crippen LogP contribution in [0.2, 0.25) is 0 Å². The Labute approximate surface area is 157 Å². The molecule has 1 atom stereocenters. The fourth-order valence-electron chi connectivity index (χ4n) is 3.29. The first kappa shape index (κ1) is 17.4. The van der Waals surface area contributed by atoms with Gasteiger partial charge in [0.2, 0.25) is 0 Å². The molecule has 0 aliphatic carbocycles. The van der Waals surface area contributed by atoms with Crippen LogP contribution >= 0.6 is 0 Å². The highest BCUT2D eigenvalue weighted by atomic mass is 16.5. The van der Waals surface area contributed by atoms with Gasteiger partial charge in [0.05, 0.1) is 18.4 Å². The quantitative estimate of drug-likeness (QED) is 0.767. The van der Waals surface area contributed by atoms with Crippen molar-refractivity contribution in [2.75, 3.05) is 18.4 Å². The zero-order valence-corrected chi connectivity index (χ0v) is 15.2. The summed E-state index contributed by atoms with van der Waals surface area (Å²) in [5.41, 5.74) is 3.15. The number of benzene rings is 1. The Balaban J connectivity index is 1.38. The summed E-state index contributed by atoms with van der Waals surface area (Å²) in [6.07, 6.45) is 5.43. The minimum absolute atomic E-state index is 0.0250. The van der Waals surface area contributed by atoms with Crippen LogP contribution in [0.25, 0.3) is 11.0 Å². The summed E-state index contributed by atoms with van der Waals surface area (Å²) >= 11 is 0. The van der Waals surface area contributed by atoms with E-state index in [4.69, 9.17) is 4.74 Å². The molecule has 4 rings (SSSR count). The lowest BCUT2D eigenvalue weighted by molar-refractivity contribution is 0.000919. The minimum atomic E-state index is -0.136. The number of hydrogen-bond donors (Lipinski definition) is 1. The number of urea groups is 1. The number of hydrogen-bond acceptors (Lipinski definition) is 5. The SMILES string of the molecule is Cn1nc2cccc(NC(=O)N3CCCC(OCc4cccnc4)C3)c2n1. The van der Waals surface area contributed by atoms with Gasteiger partial charge in [0.25, 0.3) is 0 Å². The largest absolute Gasteiger partial charge is 0.372 e. The van der Waals surface area contributed by atoms with Crippen molar-refractivity contribution in [3.63, 3.8) is 0 Å². The predicted octanol–water partition coefficient (Wildman–Crippen LogP) is 2.58. The first-order valence-corrected chi connectivity index (χ1v) is 9.05. The zero-order chi connectivity index (χ0) is 18.6. The van der Waals surface area contributed by atoms with Crippen LogP contribution in [0, 0.1) is 0 Å². The number of piperidine rings is 1. The molecule has 0 radical (unpaired) electrons. The van der Waals surface area contributed by atoms with E-state index in [-0.39, 0.29) is 12.1 Å². The van der Waals surface area contributed by atoms with Gasteiger partial charge in [-0.25, -0.2) is 4.79 Å². The number of pyridine rings is 1. The van der Waals surface area contributed by atoms with E-state index in [1.807, 2.05) is 30.3 Å². The number of carbonyl (C=O) groups excluding carboxylic acids is 1. The predicted molar refractivity (Wildman–Crippen MR) is 101 cm³/mol. The fraction of sp³-hybridized carbons (Fsp3) is 0.368. The maximum Gasteiger partial charge on any atom is 0.321 e. The molecule has 0 saturated carbocycles. The van der Waals surface area contributed by atoms with Crippen molar-refractivity contribution in [3.05, 3.63) is 48.3 Å². The van der Waals surface area contributed by atoms with Crippen LogP contribution in [0.5, 0.6) is 0 Å². The van der Waals surface area contributed by atoms with Crippen molar-refractivity contribution in [3.8, 4) is 0 Å². The highest BCUT2D eigenvalue weighted by molar-refractivity contribution is 5.98. The number of fused-ring (bicyclic) bond motifs is 1. The molecule has 2 amide bonds. The Morgan fingerprint density at radius 1 is 1.30 bits per heavy atom. The smallest absolute Gasteiger partial charge is 0.321 e. The first-order chi connectivity index (χ1) is 13.2. The number of anilines is 1. The summed E-state index contributed by atoms with van der Waals surface area (Å²) < 4.78 is 5.99. The average molecular weight is 366 g/mol. The van der Waals surface area contributed by atoms with Crippen LogP contribution in [0.3, 0.4) is 0 Å². The zero-order valence-electron chi connectivity index (χ0n) is 15.2. The van der Waals surface area contributed by atoms with Gasteiger partial charge in [-0.1, -0.05) is 12.1 Å². The summed E-state index contributed by atoms with van der Waals surface area (Å²) in [6, 6.07) is 9.33. The molecule has 1 unspecified atom stereocenters. The van der Waals surface area contributed by atoms with E-state index in [2.05, 4.69) is 20.5 Å². The molecule has 3 heterocycles. The number of ether oxygens (including phenoxy) is 1. The molecule has 1 saturated heterocycles. The molecule has 0 bridgehead atoms. The summed E-state index contributed by atoms with van der Waals surface area (Å²) in [5, 5.41) is 11.6. The molecule has 2 aromatic heterocycles. The van der Waals surface area contributed by atoms with Crippen molar-refractivity contribution >= 4 is 22.8 Å². The number of aromatic nitrogens is 4. The Hall–Kier alpha value is -3.00. The second-order valence-electron chi connectivity index (χ2n) is 6.68. The van der Waals surface area contributed by atoms with Crippen LogP contribution in [0.1, 0.15) is 18.4 Å². The molecule has 140 valence electrons. The number of carbonyl (C=O) groups is 1. The van der Waals surface area contributed by atoms with Crippen LogP contribution in [-0.2, 0) is 18.4 Å². The van der Waals surface area contributed by atoms with Crippen molar-refractivity contribution in [2.45, 2.75) is 25.6 Å². The van der Waals surface area contributed by atoms with E-state index in [1.54, 1.807) is 24.3 Å². The molecule has 1 aliphatic heterocycles. The summed E-state index contributed by atoms with van der Waals surface area (Å²) in [6.45, 7) is 1.80. The van der Waals surface area contributed by atoms with Crippen LogP contribution in [0.15, 0.2) is 42.7 Å². The molecule has 0 spiro atoms. The van der Waals surface area contributed by atoms with Gasteiger partial charge in [-0.15, -0.1) is 0 Å². The molecule has 1 N–H and O–H groups in total. The molecule has 1 fully saturated rings. The standard InChI is InChI=1S/C19H22N6O2/c1-24-22-17-8-2-7-16(18(17)23-24)21-19(26)25-10-4-6-15(12-25)27-13-14-5-3-9-20-11-14/h2-3,5,7-9,11,15H,4,6,10,12-13H2,1H3,(H,21,26). The maximum atomic E-state index is 12.7. The van der Waals surface area contributed by atoms with E-state index in [9.17, 15) is 4.79 Å². The summed E-state index contributed by atoms with van der Waals surface area (Å²) in [5.74, 6) is 0. The summed E-state index contributed by atoms with van der Waals surface area (Å²) in [7, 11) is 1.76. The van der Waals surface area contributed by atoms with E-state index in [1.165, 1.54) is 4.80 Å². The van der Waals surface area contributed by atoms with Crippen LogP contribution in [-0.4, -0.2) is 50.1 Å². The van der Waals surface area contributed by atoms with Crippen molar-refractivity contribution in [1.29, 1.82) is 0 Å². The van der Waals surface area contributed by atoms with E-state index >= 15 is 0 Å². The number of aryl methyl sites for hydroxylation is 1. The highest BCUT2D eigenvalue weighted by Crippen LogP contribution is 2.21. The van der Waals surface area contributed by atoms with Gasteiger partial charge in [0.15, 0.2) is 0 Å². The van der Waals surface area contributed by atoms with Crippen molar-refractivity contribution in [2.24, 2.45) is 7.05 Å². The van der Waals surface area contributed by atoms with Crippen molar-refractivity contribution in [1.82, 2.24) is 24.9 Å². The highest BCUT2D eigenvalue weighted by Gasteiger charge is 2.25. The molecule has 1 aromatic carbocycles. The van der Waals surface area contributed by atoms with Crippen molar-refractivity contribution < 1.29 is 9.53 Å². The van der Waals surface area contributed by atoms with Gasteiger partial charge < -0.3 is 15.0 Å². The number of amides is 2. The van der Waals surface area contributed by atoms with E-state index < -0.39 is 0 Å². The van der Waals surface area contributed by atoms with Gasteiger partial charge >= 0.3 is 6.03 Å². The molecule has 1 aliphatic rings. The third-order valence-corrected chi connectivity index (χ3v) is 4.63. The number of nitrogens with zero attached hydrogens (tertiary/aromatic N) is 5. The lowest BCUT2D eigenvalue weighted by atomic mass is 10.1.